The molecule has 0 spiro atoms. The van der Waals surface area contributed by atoms with Crippen LogP contribution in [0.4, 0.5) is 0 Å². The van der Waals surface area contributed by atoms with Gasteiger partial charge in [0.05, 0.1) is 0 Å². The maximum absolute atomic E-state index is 12.0. The summed E-state index contributed by atoms with van der Waals surface area (Å²) in [6.45, 7) is 2.31. The molecule has 0 radical (unpaired) electrons. The molecule has 0 bridgehead atoms. The van der Waals surface area contributed by atoms with Crippen molar-refractivity contribution in [2.75, 3.05) is 6.54 Å². The zero-order chi connectivity index (χ0) is 12.2. The van der Waals surface area contributed by atoms with Crippen molar-refractivity contribution in [2.24, 2.45) is 5.73 Å². The maximum Gasteiger partial charge on any atom is 0.251 e. The van der Waals surface area contributed by atoms with E-state index in [0.717, 1.165) is 12.8 Å². The average molecular weight is 327 g/mol. The fraction of sp³-hybridized carbons (Fsp3) is 0.556. The SMILES string of the molecule is CCCC(CN)NS(=O)(=O)c1sccc1Br. The zero-order valence-corrected chi connectivity index (χ0v) is 12.2. The van der Waals surface area contributed by atoms with E-state index in [0.29, 0.717) is 15.2 Å². The molecule has 1 atom stereocenters. The Hall–Kier alpha value is 0.0500. The Morgan fingerprint density at radius 3 is 2.75 bits per heavy atom. The van der Waals surface area contributed by atoms with Crippen LogP contribution in [0.15, 0.2) is 20.1 Å². The lowest BCUT2D eigenvalue weighted by molar-refractivity contribution is 0.528. The van der Waals surface area contributed by atoms with Crippen LogP contribution >= 0.6 is 27.3 Å². The van der Waals surface area contributed by atoms with E-state index in [4.69, 9.17) is 5.73 Å². The quantitative estimate of drug-likeness (QED) is 0.838. The highest BCUT2D eigenvalue weighted by atomic mass is 79.9. The first-order valence-electron chi connectivity index (χ1n) is 4.96. The monoisotopic (exact) mass is 326 g/mol. The third-order valence-electron chi connectivity index (χ3n) is 2.07. The van der Waals surface area contributed by atoms with Gasteiger partial charge in [-0.25, -0.2) is 13.1 Å². The third-order valence-corrected chi connectivity index (χ3v) is 6.26. The molecule has 16 heavy (non-hydrogen) atoms. The number of rotatable bonds is 6. The molecule has 0 amide bonds. The Balaban J connectivity index is 2.83. The zero-order valence-electron chi connectivity index (χ0n) is 8.94. The van der Waals surface area contributed by atoms with Crippen molar-refractivity contribution in [1.29, 1.82) is 0 Å². The highest BCUT2D eigenvalue weighted by molar-refractivity contribution is 9.10. The number of nitrogens with two attached hydrogens (primary N) is 1. The van der Waals surface area contributed by atoms with Gasteiger partial charge in [-0.15, -0.1) is 11.3 Å². The summed E-state index contributed by atoms with van der Waals surface area (Å²) in [5.74, 6) is 0. The normalized spacial score (nSPS) is 13.9. The standard InChI is InChI=1S/C9H15BrN2O2S2/c1-2-3-7(6-11)12-16(13,14)9-8(10)4-5-15-9/h4-5,7,12H,2-3,6,11H2,1H3. The van der Waals surface area contributed by atoms with Crippen molar-refractivity contribution in [3.05, 3.63) is 15.9 Å². The summed E-state index contributed by atoms with van der Waals surface area (Å²) in [6.07, 6.45) is 1.65. The molecule has 4 nitrogen and oxygen atoms in total. The molecule has 1 rings (SSSR count). The number of nitrogens with one attached hydrogen (secondary N) is 1. The molecule has 1 aromatic rings. The molecule has 92 valence electrons. The number of sulfonamides is 1. The van der Waals surface area contributed by atoms with Crippen molar-refractivity contribution in [3.8, 4) is 0 Å². The number of hydrogen-bond acceptors (Lipinski definition) is 4. The molecular weight excluding hydrogens is 312 g/mol. The summed E-state index contributed by atoms with van der Waals surface area (Å²) in [5.41, 5.74) is 5.52. The Morgan fingerprint density at radius 1 is 1.62 bits per heavy atom. The van der Waals surface area contributed by atoms with E-state index in [-0.39, 0.29) is 6.04 Å². The molecule has 0 saturated carbocycles. The average Bonchev–Trinajstić information content (AvgIpc) is 2.64. The predicted molar refractivity (Wildman–Crippen MR) is 70.1 cm³/mol. The minimum absolute atomic E-state index is 0.191. The lowest BCUT2D eigenvalue weighted by atomic mass is 10.2. The second-order valence-corrected chi connectivity index (χ2v) is 7.08. The Bertz CT molecular complexity index is 430. The van der Waals surface area contributed by atoms with Gasteiger partial charge < -0.3 is 5.73 Å². The van der Waals surface area contributed by atoms with Crippen LogP contribution in [0, 0.1) is 0 Å². The Labute approximate surface area is 108 Å². The van der Waals surface area contributed by atoms with Crippen molar-refractivity contribution in [3.63, 3.8) is 0 Å². The van der Waals surface area contributed by atoms with Gasteiger partial charge in [0.2, 0.25) is 0 Å². The van der Waals surface area contributed by atoms with E-state index in [1.807, 2.05) is 6.92 Å². The minimum atomic E-state index is -3.44. The van der Waals surface area contributed by atoms with Gasteiger partial charge in [0.15, 0.2) is 0 Å². The van der Waals surface area contributed by atoms with Crippen LogP contribution in [-0.2, 0) is 10.0 Å². The Kier molecular flexibility index (Phi) is 5.39. The van der Waals surface area contributed by atoms with Crippen LogP contribution < -0.4 is 10.5 Å². The fourth-order valence-electron chi connectivity index (χ4n) is 1.32. The molecule has 0 aliphatic heterocycles. The van der Waals surface area contributed by atoms with Crippen molar-refractivity contribution in [2.45, 2.75) is 30.0 Å². The number of thiophene rings is 1. The lowest BCUT2D eigenvalue weighted by Crippen LogP contribution is -2.39. The van der Waals surface area contributed by atoms with Crippen molar-refractivity contribution < 1.29 is 8.42 Å². The molecule has 7 heteroatoms. The molecule has 3 N–H and O–H groups in total. The third kappa shape index (κ3) is 3.53. The molecule has 0 aliphatic carbocycles. The molecule has 1 heterocycles. The van der Waals surface area contributed by atoms with Gasteiger partial charge in [-0.3, -0.25) is 0 Å². The highest BCUT2D eigenvalue weighted by Gasteiger charge is 2.22. The van der Waals surface area contributed by atoms with Crippen molar-refractivity contribution in [1.82, 2.24) is 4.72 Å². The van der Waals surface area contributed by atoms with Gasteiger partial charge in [0, 0.05) is 17.1 Å². The van der Waals surface area contributed by atoms with Crippen LogP contribution in [0.25, 0.3) is 0 Å². The van der Waals surface area contributed by atoms with E-state index in [9.17, 15) is 8.42 Å². The summed E-state index contributed by atoms with van der Waals surface area (Å²) < 4.78 is 27.5. The summed E-state index contributed by atoms with van der Waals surface area (Å²) in [7, 11) is -3.44. The topological polar surface area (TPSA) is 72.2 Å². The second kappa shape index (κ2) is 6.11. The summed E-state index contributed by atoms with van der Waals surface area (Å²) in [5, 5.41) is 1.73. The summed E-state index contributed by atoms with van der Waals surface area (Å²) in [4.78, 5) is 0. The largest absolute Gasteiger partial charge is 0.329 e. The molecule has 0 aromatic carbocycles. The lowest BCUT2D eigenvalue weighted by Gasteiger charge is -2.15. The smallest absolute Gasteiger partial charge is 0.251 e. The molecule has 0 aliphatic rings. The molecular formula is C9H15BrN2O2S2. The van der Waals surface area contributed by atoms with Crippen LogP contribution in [0.1, 0.15) is 19.8 Å². The van der Waals surface area contributed by atoms with Crippen LogP contribution in [-0.4, -0.2) is 21.0 Å². The van der Waals surface area contributed by atoms with Crippen LogP contribution in [0.3, 0.4) is 0 Å². The van der Waals surface area contributed by atoms with Crippen LogP contribution in [0.2, 0.25) is 0 Å². The van der Waals surface area contributed by atoms with Gasteiger partial charge in [-0.1, -0.05) is 13.3 Å². The van der Waals surface area contributed by atoms with E-state index in [1.54, 1.807) is 11.4 Å². The van der Waals surface area contributed by atoms with Gasteiger partial charge in [0.1, 0.15) is 4.21 Å². The first-order valence-corrected chi connectivity index (χ1v) is 8.12. The van der Waals surface area contributed by atoms with Gasteiger partial charge in [0.25, 0.3) is 10.0 Å². The molecule has 1 unspecified atom stereocenters. The van der Waals surface area contributed by atoms with E-state index in [1.165, 1.54) is 11.3 Å². The first kappa shape index (κ1) is 14.1. The summed E-state index contributed by atoms with van der Waals surface area (Å²) in [6, 6.07) is 1.53. The van der Waals surface area contributed by atoms with Gasteiger partial charge >= 0.3 is 0 Å². The number of hydrogen-bond donors (Lipinski definition) is 2. The van der Waals surface area contributed by atoms with E-state index in [2.05, 4.69) is 20.7 Å². The maximum atomic E-state index is 12.0. The van der Waals surface area contributed by atoms with Gasteiger partial charge in [-0.05, 0) is 33.8 Å². The highest BCUT2D eigenvalue weighted by Crippen LogP contribution is 2.27. The van der Waals surface area contributed by atoms with Crippen LogP contribution in [0.5, 0.6) is 0 Å². The summed E-state index contributed by atoms with van der Waals surface area (Å²) >= 11 is 4.40. The molecule has 0 fully saturated rings. The number of halogens is 1. The van der Waals surface area contributed by atoms with Gasteiger partial charge in [-0.2, -0.15) is 0 Å². The molecule has 1 aromatic heterocycles. The predicted octanol–water partition coefficient (Wildman–Crippen LogP) is 1.92. The Morgan fingerprint density at radius 2 is 2.31 bits per heavy atom. The first-order chi connectivity index (χ1) is 7.51. The molecule has 0 saturated heterocycles. The van der Waals surface area contributed by atoms with E-state index < -0.39 is 10.0 Å². The fourth-order valence-corrected chi connectivity index (χ4v) is 4.96. The second-order valence-electron chi connectivity index (χ2n) is 3.40. The van der Waals surface area contributed by atoms with Crippen molar-refractivity contribution >= 4 is 37.3 Å². The van der Waals surface area contributed by atoms with E-state index >= 15 is 0 Å². The minimum Gasteiger partial charge on any atom is -0.329 e.